The van der Waals surface area contributed by atoms with E-state index < -0.39 is 29.7 Å². The quantitative estimate of drug-likeness (QED) is 0.596. The highest BCUT2D eigenvalue weighted by Crippen LogP contribution is 2.28. The van der Waals surface area contributed by atoms with E-state index in [0.717, 1.165) is 5.69 Å². The predicted octanol–water partition coefficient (Wildman–Crippen LogP) is 0.0300. The number of H-pyrrole nitrogens is 1. The van der Waals surface area contributed by atoms with Gasteiger partial charge in [-0.3, -0.25) is 14.3 Å². The number of nitrogens with one attached hydrogen (secondary N) is 1. The number of rotatable bonds is 4. The number of benzene rings is 1. The molecular formula is C18H18N4O5. The Balaban J connectivity index is 1.71. The zero-order valence-corrected chi connectivity index (χ0v) is 14.2. The van der Waals surface area contributed by atoms with Crippen LogP contribution in [0.25, 0.3) is 16.8 Å². The third-order valence-corrected chi connectivity index (χ3v) is 4.58. The Bertz CT molecular complexity index is 1060. The zero-order valence-electron chi connectivity index (χ0n) is 14.2. The Morgan fingerprint density at radius 3 is 2.70 bits per heavy atom. The molecule has 1 fully saturated rings. The maximum atomic E-state index is 12.3. The molecule has 1 aliphatic heterocycles. The molecule has 3 N–H and O–H groups in total. The number of aromatic nitrogens is 4. The van der Waals surface area contributed by atoms with Crippen molar-refractivity contribution in [2.24, 2.45) is 0 Å². The van der Waals surface area contributed by atoms with Gasteiger partial charge in [-0.15, -0.1) is 0 Å². The SMILES string of the molecule is O=c1[nH]c(=O)n(C2CC(O)C(CO)O2)cc1-c1cnn(-c2ccccc2)c1. The summed E-state index contributed by atoms with van der Waals surface area (Å²) in [6.45, 7) is -0.355. The number of aliphatic hydroxyl groups excluding tert-OH is 2. The third kappa shape index (κ3) is 3.23. The maximum Gasteiger partial charge on any atom is 0.330 e. The Kier molecular flexibility index (Phi) is 4.48. The third-order valence-electron chi connectivity index (χ3n) is 4.58. The van der Waals surface area contributed by atoms with E-state index in [9.17, 15) is 19.8 Å². The Morgan fingerprint density at radius 1 is 1.22 bits per heavy atom. The van der Waals surface area contributed by atoms with Gasteiger partial charge in [0.15, 0.2) is 0 Å². The number of nitrogens with zero attached hydrogens (tertiary/aromatic N) is 3. The predicted molar refractivity (Wildman–Crippen MR) is 95.5 cm³/mol. The molecule has 1 aliphatic rings. The van der Waals surface area contributed by atoms with Crippen LogP contribution in [0, 0.1) is 0 Å². The fourth-order valence-corrected chi connectivity index (χ4v) is 3.14. The van der Waals surface area contributed by atoms with Gasteiger partial charge in [-0.1, -0.05) is 18.2 Å². The van der Waals surface area contributed by atoms with Gasteiger partial charge in [-0.2, -0.15) is 5.10 Å². The van der Waals surface area contributed by atoms with Crippen LogP contribution >= 0.6 is 0 Å². The Labute approximate surface area is 153 Å². The molecule has 2 aromatic heterocycles. The molecule has 0 amide bonds. The summed E-state index contributed by atoms with van der Waals surface area (Å²) in [5.74, 6) is 0. The molecule has 9 heteroatoms. The van der Waals surface area contributed by atoms with Gasteiger partial charge in [0, 0.05) is 24.4 Å². The fraction of sp³-hybridized carbons (Fsp3) is 0.278. The summed E-state index contributed by atoms with van der Waals surface area (Å²) in [4.78, 5) is 26.8. The average Bonchev–Trinajstić information content (AvgIpc) is 3.29. The minimum absolute atomic E-state index is 0.139. The molecule has 3 heterocycles. The lowest BCUT2D eigenvalue weighted by molar-refractivity contribution is -0.0458. The fourth-order valence-electron chi connectivity index (χ4n) is 3.14. The summed E-state index contributed by atoms with van der Waals surface area (Å²) in [6.07, 6.45) is 2.33. The molecule has 9 nitrogen and oxygen atoms in total. The molecule has 3 aromatic rings. The molecule has 3 atom stereocenters. The molecule has 0 spiro atoms. The number of para-hydroxylation sites is 1. The first-order valence-electron chi connectivity index (χ1n) is 8.47. The summed E-state index contributed by atoms with van der Waals surface area (Å²) in [7, 11) is 0. The normalized spacial score (nSPS) is 22.2. The van der Waals surface area contributed by atoms with E-state index in [2.05, 4.69) is 10.1 Å². The van der Waals surface area contributed by atoms with Crippen LogP contribution in [0.3, 0.4) is 0 Å². The molecule has 1 aromatic carbocycles. The molecule has 27 heavy (non-hydrogen) atoms. The maximum absolute atomic E-state index is 12.3. The Morgan fingerprint density at radius 2 is 2.00 bits per heavy atom. The van der Waals surface area contributed by atoms with Crippen molar-refractivity contribution in [1.82, 2.24) is 19.3 Å². The van der Waals surface area contributed by atoms with Crippen molar-refractivity contribution in [3.8, 4) is 16.8 Å². The molecule has 0 bridgehead atoms. The topological polar surface area (TPSA) is 122 Å². The van der Waals surface area contributed by atoms with Gasteiger partial charge in [-0.25, -0.2) is 9.48 Å². The molecule has 0 saturated carbocycles. The molecule has 4 rings (SSSR count). The first-order chi connectivity index (χ1) is 13.1. The van der Waals surface area contributed by atoms with Crippen LogP contribution < -0.4 is 11.2 Å². The molecule has 0 radical (unpaired) electrons. The molecule has 1 saturated heterocycles. The van der Waals surface area contributed by atoms with Crippen LogP contribution in [0.1, 0.15) is 12.6 Å². The summed E-state index contributed by atoms with van der Waals surface area (Å²) < 4.78 is 8.36. The van der Waals surface area contributed by atoms with Gasteiger partial charge < -0.3 is 14.9 Å². The standard InChI is InChI=1S/C18H18N4O5/c23-10-15-14(24)6-16(27-15)21-9-13(17(25)20-18(21)26)11-7-19-22(8-11)12-4-2-1-3-5-12/h1-5,7-9,14-16,23-24H,6,10H2,(H,20,25,26). The number of ether oxygens (including phenoxy) is 1. The van der Waals surface area contributed by atoms with Gasteiger partial charge in [0.2, 0.25) is 0 Å². The van der Waals surface area contributed by atoms with E-state index in [-0.39, 0.29) is 18.6 Å². The average molecular weight is 370 g/mol. The number of aliphatic hydroxyl groups is 2. The lowest BCUT2D eigenvalue weighted by Gasteiger charge is -2.15. The highest BCUT2D eigenvalue weighted by Gasteiger charge is 2.35. The van der Waals surface area contributed by atoms with Crippen LogP contribution in [0.2, 0.25) is 0 Å². The molecular weight excluding hydrogens is 352 g/mol. The number of hydrogen-bond acceptors (Lipinski definition) is 6. The van der Waals surface area contributed by atoms with Gasteiger partial charge >= 0.3 is 5.69 Å². The van der Waals surface area contributed by atoms with Gasteiger partial charge in [0.25, 0.3) is 5.56 Å². The van der Waals surface area contributed by atoms with Crippen molar-refractivity contribution < 1.29 is 14.9 Å². The minimum atomic E-state index is -0.886. The highest BCUT2D eigenvalue weighted by atomic mass is 16.5. The lowest BCUT2D eigenvalue weighted by atomic mass is 10.2. The van der Waals surface area contributed by atoms with E-state index >= 15 is 0 Å². The van der Waals surface area contributed by atoms with E-state index in [1.165, 1.54) is 17.0 Å². The van der Waals surface area contributed by atoms with Crippen LogP contribution in [0.4, 0.5) is 0 Å². The van der Waals surface area contributed by atoms with E-state index in [0.29, 0.717) is 5.56 Å². The van der Waals surface area contributed by atoms with Crippen molar-refractivity contribution in [1.29, 1.82) is 0 Å². The second kappa shape index (κ2) is 6.95. The number of hydrogen-bond donors (Lipinski definition) is 3. The monoisotopic (exact) mass is 370 g/mol. The van der Waals surface area contributed by atoms with Gasteiger partial charge in [-0.05, 0) is 12.1 Å². The second-order valence-corrected chi connectivity index (χ2v) is 6.33. The smallest absolute Gasteiger partial charge is 0.330 e. The minimum Gasteiger partial charge on any atom is -0.394 e. The van der Waals surface area contributed by atoms with E-state index in [1.54, 1.807) is 10.9 Å². The van der Waals surface area contributed by atoms with Crippen LogP contribution in [-0.4, -0.2) is 48.4 Å². The first-order valence-corrected chi connectivity index (χ1v) is 8.47. The number of aromatic amines is 1. The summed E-state index contributed by atoms with van der Waals surface area (Å²) >= 11 is 0. The van der Waals surface area contributed by atoms with Crippen molar-refractivity contribution in [2.75, 3.05) is 6.61 Å². The van der Waals surface area contributed by atoms with Crippen LogP contribution in [-0.2, 0) is 4.74 Å². The van der Waals surface area contributed by atoms with Gasteiger partial charge in [0.1, 0.15) is 12.3 Å². The van der Waals surface area contributed by atoms with E-state index in [1.807, 2.05) is 30.3 Å². The Hall–Kier alpha value is -3.01. The zero-order chi connectivity index (χ0) is 19.0. The van der Waals surface area contributed by atoms with E-state index in [4.69, 9.17) is 4.74 Å². The molecule has 3 unspecified atom stereocenters. The molecule has 140 valence electrons. The van der Waals surface area contributed by atoms with Crippen LogP contribution in [0.15, 0.2) is 58.5 Å². The van der Waals surface area contributed by atoms with Gasteiger partial charge in [0.05, 0.1) is 30.2 Å². The van der Waals surface area contributed by atoms with Crippen LogP contribution in [0.5, 0.6) is 0 Å². The molecule has 0 aliphatic carbocycles. The summed E-state index contributed by atoms with van der Waals surface area (Å²) in [6, 6.07) is 9.41. The highest BCUT2D eigenvalue weighted by molar-refractivity contribution is 5.60. The summed E-state index contributed by atoms with van der Waals surface area (Å²) in [5.41, 5.74) is 0.436. The summed E-state index contributed by atoms with van der Waals surface area (Å²) in [5, 5.41) is 23.4. The van der Waals surface area contributed by atoms with Crippen molar-refractivity contribution in [2.45, 2.75) is 24.9 Å². The van der Waals surface area contributed by atoms with Crippen molar-refractivity contribution in [3.05, 3.63) is 69.8 Å². The first kappa shape index (κ1) is 17.4. The second-order valence-electron chi connectivity index (χ2n) is 6.33. The largest absolute Gasteiger partial charge is 0.394 e. The van der Waals surface area contributed by atoms with Crippen molar-refractivity contribution >= 4 is 0 Å². The van der Waals surface area contributed by atoms with Crippen molar-refractivity contribution in [3.63, 3.8) is 0 Å². The lowest BCUT2D eigenvalue weighted by Crippen LogP contribution is -2.33.